The largest absolute Gasteiger partial charge is 0.373 e. The smallest absolute Gasteiger partial charge is 0.340 e. The van der Waals surface area contributed by atoms with Gasteiger partial charge < -0.3 is 23.4 Å². The molecule has 0 heterocycles. The van der Waals surface area contributed by atoms with Crippen molar-refractivity contribution in [1.29, 1.82) is 0 Å². The van der Waals surface area contributed by atoms with Gasteiger partial charge in [-0.3, -0.25) is 13.9 Å². The van der Waals surface area contributed by atoms with Crippen molar-refractivity contribution < 1.29 is 27.5 Å². The molecule has 1 aromatic rings. The fourth-order valence-corrected chi connectivity index (χ4v) is 8.15. The van der Waals surface area contributed by atoms with Gasteiger partial charge in [-0.15, -0.1) is 0 Å². The molecule has 11 heteroatoms. The number of amides is 1. The quantitative estimate of drug-likeness (QED) is 0.340. The first-order chi connectivity index (χ1) is 13.6. The Labute approximate surface area is 175 Å². The third-order valence-corrected chi connectivity index (χ3v) is 10.3. The summed E-state index contributed by atoms with van der Waals surface area (Å²) in [5.74, 6) is -0.284. The van der Waals surface area contributed by atoms with Crippen LogP contribution in [-0.4, -0.2) is 71.5 Å². The molecule has 0 aliphatic carbocycles. The Balaban J connectivity index is 3.01. The second kappa shape index (κ2) is 11.9. The fraction of sp³-hybridized carbons (Fsp3) is 0.611. The molecular weight excluding hydrogens is 413 g/mol. The highest BCUT2D eigenvalue weighted by molar-refractivity contribution is 7.78. The molecular formula is C18H33BN2O6P2. The summed E-state index contributed by atoms with van der Waals surface area (Å²) in [6.07, 6.45) is 0. The standard InChI is InChI=1S/C18H33BN2O6P2/c1-6-25-28(23,15-29(24,26-7-2)27-8-3)17-11-9-16(10-12-17)20(4)13-14-21(5)18(19)22/h9-12H,6-8,13-15,19H2,1-5H3. The molecule has 1 rings (SSSR count). The summed E-state index contributed by atoms with van der Waals surface area (Å²) >= 11 is 0. The van der Waals surface area contributed by atoms with Crippen molar-refractivity contribution in [1.82, 2.24) is 4.90 Å². The molecule has 1 atom stereocenters. The van der Waals surface area contributed by atoms with E-state index in [2.05, 4.69) is 0 Å². The van der Waals surface area contributed by atoms with Crippen LogP contribution in [-0.2, 0) is 22.7 Å². The molecule has 0 fully saturated rings. The van der Waals surface area contributed by atoms with Crippen LogP contribution in [0.1, 0.15) is 20.8 Å². The minimum atomic E-state index is -3.53. The number of hydrogen-bond acceptors (Lipinski definition) is 7. The van der Waals surface area contributed by atoms with Crippen LogP contribution in [0.3, 0.4) is 0 Å². The van der Waals surface area contributed by atoms with Crippen LogP contribution >= 0.6 is 15.0 Å². The summed E-state index contributed by atoms with van der Waals surface area (Å²) in [5, 5.41) is 0.469. The molecule has 0 saturated carbocycles. The molecule has 0 aliphatic heterocycles. The predicted molar refractivity (Wildman–Crippen MR) is 121 cm³/mol. The van der Waals surface area contributed by atoms with Crippen molar-refractivity contribution in [2.75, 3.05) is 57.8 Å². The Hall–Kier alpha value is -1.11. The highest BCUT2D eigenvalue weighted by atomic mass is 31.2. The van der Waals surface area contributed by atoms with Crippen LogP contribution in [0.5, 0.6) is 0 Å². The zero-order valence-corrected chi connectivity index (χ0v) is 20.1. The van der Waals surface area contributed by atoms with Gasteiger partial charge in [0.05, 0.1) is 19.8 Å². The highest BCUT2D eigenvalue weighted by Gasteiger charge is 2.38. The lowest BCUT2D eigenvalue weighted by Crippen LogP contribution is -2.34. The molecule has 0 bridgehead atoms. The Morgan fingerprint density at radius 2 is 1.45 bits per heavy atom. The predicted octanol–water partition coefficient (Wildman–Crippen LogP) is 2.97. The van der Waals surface area contributed by atoms with Gasteiger partial charge in [0, 0.05) is 38.2 Å². The summed E-state index contributed by atoms with van der Waals surface area (Å²) in [6.45, 7) is 7.03. The molecule has 0 aromatic heterocycles. The number of likely N-dealkylation sites (N-methyl/N-ethyl adjacent to an activating group) is 2. The van der Waals surface area contributed by atoms with E-state index in [9.17, 15) is 13.9 Å². The number of benzene rings is 1. The normalized spacial score (nSPS) is 13.7. The summed E-state index contributed by atoms with van der Waals surface area (Å²) in [6, 6.07) is 7.11. The number of carbonyl (C=O) groups excluding carboxylic acids is 1. The first-order valence-corrected chi connectivity index (χ1v) is 13.3. The summed E-state index contributed by atoms with van der Waals surface area (Å²) in [5.41, 5.74) is 0.909. The Morgan fingerprint density at radius 3 is 1.90 bits per heavy atom. The summed E-state index contributed by atoms with van der Waals surface area (Å²) in [4.78, 5) is 15.0. The molecule has 0 spiro atoms. The van der Waals surface area contributed by atoms with Gasteiger partial charge in [0.25, 0.3) is 0 Å². The third-order valence-electron chi connectivity index (χ3n) is 4.34. The molecule has 0 aliphatic rings. The van der Waals surface area contributed by atoms with Gasteiger partial charge in [-0.1, -0.05) is 0 Å². The van der Waals surface area contributed by atoms with Crippen molar-refractivity contribution in [3.63, 3.8) is 0 Å². The molecule has 1 unspecified atom stereocenters. The lowest BCUT2D eigenvalue weighted by molar-refractivity contribution is 0.222. The fourth-order valence-electron chi connectivity index (χ4n) is 2.67. The number of anilines is 1. The lowest BCUT2D eigenvalue weighted by atomic mass is 10.1. The minimum Gasteiger partial charge on any atom is -0.373 e. The van der Waals surface area contributed by atoms with Gasteiger partial charge >= 0.3 is 7.60 Å². The van der Waals surface area contributed by atoms with Crippen LogP contribution in [0.15, 0.2) is 24.3 Å². The molecule has 1 amide bonds. The molecule has 164 valence electrons. The average molecular weight is 446 g/mol. The number of carbonyl (C=O) groups is 1. The van der Waals surface area contributed by atoms with E-state index in [1.165, 1.54) is 7.85 Å². The van der Waals surface area contributed by atoms with Crippen molar-refractivity contribution >= 4 is 39.6 Å². The van der Waals surface area contributed by atoms with Crippen LogP contribution in [0, 0.1) is 0 Å². The molecule has 0 N–H and O–H groups in total. The first-order valence-electron chi connectivity index (χ1n) is 9.76. The number of rotatable bonds is 13. The maximum absolute atomic E-state index is 13.5. The maximum atomic E-state index is 13.5. The second-order valence-electron chi connectivity index (χ2n) is 6.56. The molecule has 29 heavy (non-hydrogen) atoms. The van der Waals surface area contributed by atoms with Crippen LogP contribution in [0.4, 0.5) is 10.5 Å². The molecule has 1 aromatic carbocycles. The summed E-state index contributed by atoms with van der Waals surface area (Å²) in [7, 11) is -1.76. The Bertz CT molecular complexity index is 736. The van der Waals surface area contributed by atoms with Crippen molar-refractivity contribution in [2.45, 2.75) is 20.8 Å². The Kier molecular flexibility index (Phi) is 10.7. The number of hydrogen-bond donors (Lipinski definition) is 0. The van der Waals surface area contributed by atoms with Crippen LogP contribution in [0.25, 0.3) is 0 Å². The van der Waals surface area contributed by atoms with E-state index < -0.39 is 15.0 Å². The zero-order valence-electron chi connectivity index (χ0n) is 18.3. The monoisotopic (exact) mass is 446 g/mol. The van der Waals surface area contributed by atoms with E-state index in [-0.39, 0.29) is 31.5 Å². The van der Waals surface area contributed by atoms with E-state index in [0.29, 0.717) is 18.4 Å². The molecule has 0 radical (unpaired) electrons. The van der Waals surface area contributed by atoms with Crippen molar-refractivity contribution in [3.05, 3.63) is 24.3 Å². The third kappa shape index (κ3) is 7.91. The van der Waals surface area contributed by atoms with Crippen LogP contribution in [0.2, 0.25) is 0 Å². The van der Waals surface area contributed by atoms with Gasteiger partial charge in [0.15, 0.2) is 5.81 Å². The van der Waals surface area contributed by atoms with Gasteiger partial charge in [-0.2, -0.15) is 0 Å². The lowest BCUT2D eigenvalue weighted by Gasteiger charge is -2.25. The zero-order chi connectivity index (χ0) is 22.1. The van der Waals surface area contributed by atoms with Gasteiger partial charge in [0.1, 0.15) is 5.90 Å². The van der Waals surface area contributed by atoms with Gasteiger partial charge in [-0.05, 0) is 45.0 Å². The molecule has 8 nitrogen and oxygen atoms in total. The number of nitrogens with zero attached hydrogens (tertiary/aromatic N) is 2. The second-order valence-corrected chi connectivity index (χ2v) is 11.5. The van der Waals surface area contributed by atoms with Crippen molar-refractivity contribution in [3.8, 4) is 0 Å². The van der Waals surface area contributed by atoms with Gasteiger partial charge in [0.2, 0.25) is 15.2 Å². The highest BCUT2D eigenvalue weighted by Crippen LogP contribution is 2.62. The van der Waals surface area contributed by atoms with Crippen LogP contribution < -0.4 is 10.2 Å². The maximum Gasteiger partial charge on any atom is 0.340 e. The van der Waals surface area contributed by atoms with E-state index in [1.807, 2.05) is 24.1 Å². The van der Waals surface area contributed by atoms with Gasteiger partial charge in [-0.25, -0.2) is 0 Å². The summed E-state index contributed by atoms with van der Waals surface area (Å²) < 4.78 is 42.7. The van der Waals surface area contributed by atoms with E-state index >= 15 is 0 Å². The SMILES string of the molecule is BC(=O)N(C)CCN(C)c1ccc(P(=O)(CP(=O)(OCC)OCC)OCC)cc1. The first kappa shape index (κ1) is 25.9. The van der Waals surface area contributed by atoms with E-state index in [1.54, 1.807) is 44.9 Å². The van der Waals surface area contributed by atoms with E-state index in [0.717, 1.165) is 5.69 Å². The minimum absolute atomic E-state index is 0.0134. The topological polar surface area (TPSA) is 85.4 Å². The molecule has 0 saturated heterocycles. The van der Waals surface area contributed by atoms with E-state index in [4.69, 9.17) is 13.6 Å². The Morgan fingerprint density at radius 1 is 0.931 bits per heavy atom. The van der Waals surface area contributed by atoms with Crippen molar-refractivity contribution in [2.24, 2.45) is 0 Å². The average Bonchev–Trinajstić information content (AvgIpc) is 2.66.